The van der Waals surface area contributed by atoms with Crippen molar-refractivity contribution in [1.29, 1.82) is 5.26 Å². The molecule has 4 nitrogen and oxygen atoms in total. The SMILES string of the molecule is COC(=O)c1c(SC(F)(F)F)ccc(C#N)c1OC(F)(F)F. The standard InChI is InChI=1S/C11H5F6NO3S/c1-20-9(19)7-6(22-11(15,16)17)3-2-5(4-18)8(7)21-10(12,13)14/h2-3H,1H3. The van der Waals surface area contributed by atoms with Crippen LogP contribution < -0.4 is 4.74 Å². The first-order valence-electron chi connectivity index (χ1n) is 5.15. The minimum absolute atomic E-state index is 0.682. The van der Waals surface area contributed by atoms with E-state index in [0.29, 0.717) is 12.1 Å². The highest BCUT2D eigenvalue weighted by atomic mass is 32.2. The monoisotopic (exact) mass is 345 g/mol. The number of thioether (sulfide) groups is 1. The number of methoxy groups -OCH3 is 1. The number of carbonyl (C=O) groups is 1. The quantitative estimate of drug-likeness (QED) is 0.473. The van der Waals surface area contributed by atoms with Crippen LogP contribution in [0.15, 0.2) is 17.0 Å². The van der Waals surface area contributed by atoms with Crippen LogP contribution in [0.25, 0.3) is 0 Å². The lowest BCUT2D eigenvalue weighted by molar-refractivity contribution is -0.274. The van der Waals surface area contributed by atoms with E-state index >= 15 is 0 Å². The molecule has 0 fully saturated rings. The summed E-state index contributed by atoms with van der Waals surface area (Å²) in [5, 5.41) is 8.74. The Bertz CT molecular complexity index is 620. The summed E-state index contributed by atoms with van der Waals surface area (Å²) in [4.78, 5) is 10.7. The maximum absolute atomic E-state index is 12.4. The number of nitriles is 1. The second kappa shape index (κ2) is 6.35. The molecule has 0 aliphatic rings. The summed E-state index contributed by atoms with van der Waals surface area (Å²) < 4.78 is 82.1. The summed E-state index contributed by atoms with van der Waals surface area (Å²) >= 11 is -0.827. The number of esters is 1. The van der Waals surface area contributed by atoms with Gasteiger partial charge in [-0.1, -0.05) is 0 Å². The molecule has 0 saturated heterocycles. The summed E-state index contributed by atoms with van der Waals surface area (Å²) in [5.74, 6) is -2.83. The Labute approximate surface area is 123 Å². The molecule has 1 rings (SSSR count). The van der Waals surface area contributed by atoms with E-state index in [1.165, 1.54) is 6.07 Å². The molecule has 22 heavy (non-hydrogen) atoms. The lowest BCUT2D eigenvalue weighted by Crippen LogP contribution is -2.21. The summed E-state index contributed by atoms with van der Waals surface area (Å²) in [6.45, 7) is 0. The normalized spacial score (nSPS) is 11.7. The Hall–Kier alpha value is -2.09. The van der Waals surface area contributed by atoms with Crippen LogP contribution in [0, 0.1) is 11.3 Å². The van der Waals surface area contributed by atoms with Crippen molar-refractivity contribution in [2.45, 2.75) is 16.8 Å². The van der Waals surface area contributed by atoms with Gasteiger partial charge in [-0.05, 0) is 23.9 Å². The van der Waals surface area contributed by atoms with Gasteiger partial charge < -0.3 is 9.47 Å². The molecule has 0 spiro atoms. The van der Waals surface area contributed by atoms with Crippen LogP contribution in [-0.4, -0.2) is 24.9 Å². The second-order valence-electron chi connectivity index (χ2n) is 3.51. The molecule has 1 aromatic carbocycles. The molecule has 120 valence electrons. The molecular formula is C11H5F6NO3S. The fourth-order valence-electron chi connectivity index (χ4n) is 1.38. The van der Waals surface area contributed by atoms with E-state index in [2.05, 4.69) is 9.47 Å². The summed E-state index contributed by atoms with van der Waals surface area (Å²) in [6.07, 6.45) is -5.31. The molecule has 0 heterocycles. The third-order valence-electron chi connectivity index (χ3n) is 2.07. The van der Waals surface area contributed by atoms with Crippen molar-refractivity contribution < 1.29 is 40.6 Å². The van der Waals surface area contributed by atoms with E-state index < -0.39 is 51.4 Å². The number of hydrogen-bond acceptors (Lipinski definition) is 5. The van der Waals surface area contributed by atoms with Crippen molar-refractivity contribution in [3.63, 3.8) is 0 Å². The van der Waals surface area contributed by atoms with Gasteiger partial charge in [-0.25, -0.2) is 4.79 Å². The van der Waals surface area contributed by atoms with Gasteiger partial charge in [-0.2, -0.15) is 18.4 Å². The van der Waals surface area contributed by atoms with E-state index in [1.807, 2.05) is 0 Å². The largest absolute Gasteiger partial charge is 0.573 e. The van der Waals surface area contributed by atoms with Gasteiger partial charge in [0.05, 0.1) is 12.7 Å². The third-order valence-corrected chi connectivity index (χ3v) is 2.86. The second-order valence-corrected chi connectivity index (χ2v) is 4.62. The molecule has 0 N–H and O–H groups in total. The maximum atomic E-state index is 12.4. The van der Waals surface area contributed by atoms with Crippen LogP contribution in [0.3, 0.4) is 0 Å². The number of carbonyl (C=O) groups excluding carboxylic acids is 1. The van der Waals surface area contributed by atoms with Crippen molar-refractivity contribution in [2.24, 2.45) is 0 Å². The van der Waals surface area contributed by atoms with Crippen molar-refractivity contribution in [2.75, 3.05) is 7.11 Å². The van der Waals surface area contributed by atoms with Crippen molar-refractivity contribution in [3.8, 4) is 11.8 Å². The van der Waals surface area contributed by atoms with Crippen LogP contribution >= 0.6 is 11.8 Å². The molecule has 0 saturated carbocycles. The zero-order chi connectivity index (χ0) is 17.1. The molecule has 0 bridgehead atoms. The fraction of sp³-hybridized carbons (Fsp3) is 0.273. The zero-order valence-electron chi connectivity index (χ0n) is 10.5. The predicted octanol–water partition coefficient (Wildman–Crippen LogP) is 3.86. The molecule has 11 heteroatoms. The van der Waals surface area contributed by atoms with Gasteiger partial charge >= 0.3 is 17.8 Å². The average molecular weight is 345 g/mol. The minimum atomic E-state index is -5.31. The van der Waals surface area contributed by atoms with Crippen LogP contribution in [0.4, 0.5) is 26.3 Å². The van der Waals surface area contributed by atoms with Crippen LogP contribution in [-0.2, 0) is 4.74 Å². The lowest BCUT2D eigenvalue weighted by atomic mass is 10.1. The first-order chi connectivity index (χ1) is 9.98. The molecule has 1 aromatic rings. The topological polar surface area (TPSA) is 59.3 Å². The average Bonchev–Trinajstić information content (AvgIpc) is 2.34. The Balaban J connectivity index is 3.58. The van der Waals surface area contributed by atoms with Gasteiger partial charge in [-0.15, -0.1) is 13.2 Å². The first kappa shape index (κ1) is 18.0. The van der Waals surface area contributed by atoms with Gasteiger partial charge in [0, 0.05) is 4.90 Å². The van der Waals surface area contributed by atoms with Gasteiger partial charge in [0.1, 0.15) is 11.6 Å². The number of rotatable bonds is 3. The Morgan fingerprint density at radius 3 is 2.23 bits per heavy atom. The Morgan fingerprint density at radius 2 is 1.82 bits per heavy atom. The Morgan fingerprint density at radius 1 is 1.23 bits per heavy atom. The van der Waals surface area contributed by atoms with Crippen LogP contribution in [0.5, 0.6) is 5.75 Å². The molecule has 0 atom stereocenters. The highest BCUT2D eigenvalue weighted by Crippen LogP contribution is 2.43. The van der Waals surface area contributed by atoms with Gasteiger partial charge in [0.15, 0.2) is 5.75 Å². The molecule has 0 aromatic heterocycles. The van der Waals surface area contributed by atoms with E-state index in [4.69, 9.17) is 5.26 Å². The number of halogens is 6. The van der Waals surface area contributed by atoms with E-state index in [0.717, 1.165) is 7.11 Å². The predicted molar refractivity (Wildman–Crippen MR) is 61.1 cm³/mol. The number of hydrogen-bond donors (Lipinski definition) is 0. The molecule has 0 aliphatic carbocycles. The highest BCUT2D eigenvalue weighted by molar-refractivity contribution is 8.00. The van der Waals surface area contributed by atoms with E-state index in [9.17, 15) is 31.1 Å². The molecule has 0 unspecified atom stereocenters. The number of benzene rings is 1. The first-order valence-corrected chi connectivity index (χ1v) is 5.97. The van der Waals surface area contributed by atoms with Gasteiger partial charge in [0.2, 0.25) is 0 Å². The fourth-order valence-corrected chi connectivity index (χ4v) is 2.04. The van der Waals surface area contributed by atoms with Gasteiger partial charge in [0.25, 0.3) is 0 Å². The van der Waals surface area contributed by atoms with Crippen LogP contribution in [0.2, 0.25) is 0 Å². The number of nitrogens with zero attached hydrogens (tertiary/aromatic N) is 1. The summed E-state index contributed by atoms with van der Waals surface area (Å²) in [6, 6.07) is 2.67. The summed E-state index contributed by atoms with van der Waals surface area (Å²) in [5.41, 5.74) is -6.75. The number of alkyl halides is 6. The van der Waals surface area contributed by atoms with E-state index in [1.54, 1.807) is 0 Å². The van der Waals surface area contributed by atoms with Crippen molar-refractivity contribution in [3.05, 3.63) is 23.3 Å². The lowest BCUT2D eigenvalue weighted by Gasteiger charge is -2.16. The van der Waals surface area contributed by atoms with Crippen molar-refractivity contribution in [1.82, 2.24) is 0 Å². The summed E-state index contributed by atoms with van der Waals surface area (Å²) in [7, 11) is 0.765. The Kier molecular flexibility index (Phi) is 5.18. The maximum Gasteiger partial charge on any atom is 0.573 e. The number of ether oxygens (including phenoxy) is 2. The van der Waals surface area contributed by atoms with Crippen LogP contribution in [0.1, 0.15) is 15.9 Å². The third kappa shape index (κ3) is 4.73. The smallest absolute Gasteiger partial charge is 0.465 e. The molecule has 0 amide bonds. The zero-order valence-corrected chi connectivity index (χ0v) is 11.3. The molecular weight excluding hydrogens is 340 g/mol. The van der Waals surface area contributed by atoms with Gasteiger partial charge in [-0.3, -0.25) is 0 Å². The minimum Gasteiger partial charge on any atom is -0.465 e. The van der Waals surface area contributed by atoms with Crippen molar-refractivity contribution >= 4 is 17.7 Å². The molecule has 0 radical (unpaired) electrons. The molecule has 0 aliphatic heterocycles. The van der Waals surface area contributed by atoms with E-state index in [-0.39, 0.29) is 0 Å². The highest BCUT2D eigenvalue weighted by Gasteiger charge is 2.38.